The number of carboxylic acid groups (broad SMARTS) is 1. The van der Waals surface area contributed by atoms with Crippen LogP contribution in [0, 0.1) is 13.8 Å². The van der Waals surface area contributed by atoms with Crippen molar-refractivity contribution in [2.24, 2.45) is 0 Å². The first-order valence-electron chi connectivity index (χ1n) is 8.12. The SMILES string of the molecule is Cc1cc(/C=C/C(=O)O)cc(C)c1OC(=O)c1ccc(C(C)C)cc1. The third kappa shape index (κ3) is 4.80. The first-order valence-corrected chi connectivity index (χ1v) is 8.12. The van der Waals surface area contributed by atoms with Crippen LogP contribution in [0.25, 0.3) is 6.08 Å². The molecule has 2 aromatic carbocycles. The van der Waals surface area contributed by atoms with Crippen LogP contribution in [-0.4, -0.2) is 17.0 Å². The van der Waals surface area contributed by atoms with Gasteiger partial charge in [0, 0.05) is 6.08 Å². The molecule has 0 saturated heterocycles. The Balaban J connectivity index is 2.21. The van der Waals surface area contributed by atoms with Crippen molar-refractivity contribution in [1.82, 2.24) is 0 Å². The highest BCUT2D eigenvalue weighted by Crippen LogP contribution is 2.26. The van der Waals surface area contributed by atoms with Crippen LogP contribution in [0.4, 0.5) is 0 Å². The molecule has 4 nitrogen and oxygen atoms in total. The van der Waals surface area contributed by atoms with E-state index in [1.165, 1.54) is 11.6 Å². The van der Waals surface area contributed by atoms with Crippen molar-refractivity contribution in [2.75, 3.05) is 0 Å². The molecular formula is C21H22O4. The molecule has 0 aliphatic carbocycles. The summed E-state index contributed by atoms with van der Waals surface area (Å²) in [6.45, 7) is 7.85. The molecule has 0 saturated carbocycles. The normalized spacial score (nSPS) is 11.1. The number of carbonyl (C=O) groups is 2. The Morgan fingerprint density at radius 2 is 1.60 bits per heavy atom. The molecule has 0 aliphatic rings. The number of benzene rings is 2. The van der Waals surface area contributed by atoms with Crippen molar-refractivity contribution >= 4 is 18.0 Å². The van der Waals surface area contributed by atoms with Gasteiger partial charge in [-0.25, -0.2) is 9.59 Å². The molecule has 2 aromatic rings. The quantitative estimate of drug-likeness (QED) is 0.486. The summed E-state index contributed by atoms with van der Waals surface area (Å²) in [5, 5.41) is 8.71. The van der Waals surface area contributed by atoms with Gasteiger partial charge in [-0.3, -0.25) is 0 Å². The molecule has 0 bridgehead atoms. The summed E-state index contributed by atoms with van der Waals surface area (Å²) in [4.78, 5) is 23.0. The van der Waals surface area contributed by atoms with Crippen molar-refractivity contribution in [2.45, 2.75) is 33.6 Å². The Morgan fingerprint density at radius 1 is 1.04 bits per heavy atom. The number of hydrogen-bond donors (Lipinski definition) is 1. The highest BCUT2D eigenvalue weighted by Gasteiger charge is 2.13. The lowest BCUT2D eigenvalue weighted by atomic mass is 10.0. The molecule has 2 rings (SSSR count). The number of aryl methyl sites for hydroxylation is 2. The molecule has 0 radical (unpaired) electrons. The van der Waals surface area contributed by atoms with E-state index in [4.69, 9.17) is 9.84 Å². The molecule has 1 N–H and O–H groups in total. The smallest absolute Gasteiger partial charge is 0.343 e. The summed E-state index contributed by atoms with van der Waals surface area (Å²) in [6, 6.07) is 11.0. The van der Waals surface area contributed by atoms with Crippen LogP contribution < -0.4 is 4.74 Å². The van der Waals surface area contributed by atoms with Gasteiger partial charge in [-0.15, -0.1) is 0 Å². The van der Waals surface area contributed by atoms with Crippen LogP contribution in [0.3, 0.4) is 0 Å². The van der Waals surface area contributed by atoms with Gasteiger partial charge < -0.3 is 9.84 Å². The van der Waals surface area contributed by atoms with E-state index in [-0.39, 0.29) is 0 Å². The maximum Gasteiger partial charge on any atom is 0.343 e. The molecule has 0 aromatic heterocycles. The first kappa shape index (κ1) is 18.5. The summed E-state index contributed by atoms with van der Waals surface area (Å²) in [5.41, 5.74) is 3.96. The fourth-order valence-electron chi connectivity index (χ4n) is 2.56. The summed E-state index contributed by atoms with van der Waals surface area (Å²) < 4.78 is 5.56. The molecule has 25 heavy (non-hydrogen) atoms. The van der Waals surface area contributed by atoms with E-state index in [0.717, 1.165) is 22.8 Å². The standard InChI is InChI=1S/C21H22O4/c1-13(2)17-6-8-18(9-7-17)21(24)25-20-14(3)11-16(12-15(20)4)5-10-19(22)23/h5-13H,1-4H3,(H,22,23)/b10-5+. The highest BCUT2D eigenvalue weighted by atomic mass is 16.5. The van der Waals surface area contributed by atoms with Crippen LogP contribution >= 0.6 is 0 Å². The number of hydrogen-bond acceptors (Lipinski definition) is 3. The van der Waals surface area contributed by atoms with Crippen molar-refractivity contribution in [3.63, 3.8) is 0 Å². The predicted molar refractivity (Wildman–Crippen MR) is 98.1 cm³/mol. The van der Waals surface area contributed by atoms with Gasteiger partial charge in [-0.1, -0.05) is 26.0 Å². The summed E-state index contributed by atoms with van der Waals surface area (Å²) in [6.07, 6.45) is 2.59. The topological polar surface area (TPSA) is 63.6 Å². The monoisotopic (exact) mass is 338 g/mol. The molecule has 4 heteroatoms. The highest BCUT2D eigenvalue weighted by molar-refractivity contribution is 5.91. The third-order valence-corrected chi connectivity index (χ3v) is 3.91. The fourth-order valence-corrected chi connectivity index (χ4v) is 2.56. The number of rotatable bonds is 5. The Morgan fingerprint density at radius 3 is 2.08 bits per heavy atom. The number of aliphatic carboxylic acids is 1. The maximum atomic E-state index is 12.4. The van der Waals surface area contributed by atoms with Gasteiger partial charge in [0.2, 0.25) is 0 Å². The van der Waals surface area contributed by atoms with Gasteiger partial charge in [0.05, 0.1) is 5.56 Å². The average molecular weight is 338 g/mol. The lowest BCUT2D eigenvalue weighted by Gasteiger charge is -2.12. The van der Waals surface area contributed by atoms with Gasteiger partial charge in [0.15, 0.2) is 0 Å². The van der Waals surface area contributed by atoms with E-state index in [1.54, 1.807) is 24.3 Å². The number of ether oxygens (including phenoxy) is 1. The molecule has 0 amide bonds. The van der Waals surface area contributed by atoms with Crippen molar-refractivity contribution in [3.05, 3.63) is 70.3 Å². The van der Waals surface area contributed by atoms with Crippen molar-refractivity contribution < 1.29 is 19.4 Å². The zero-order chi connectivity index (χ0) is 18.6. The molecule has 130 valence electrons. The average Bonchev–Trinajstić information content (AvgIpc) is 2.56. The first-order chi connectivity index (χ1) is 11.8. The number of carboxylic acids is 1. The molecule has 0 heterocycles. The summed E-state index contributed by atoms with van der Waals surface area (Å²) in [5.74, 6) is -0.502. The largest absolute Gasteiger partial charge is 0.478 e. The Labute approximate surface area is 147 Å². The third-order valence-electron chi connectivity index (χ3n) is 3.91. The van der Waals surface area contributed by atoms with Crippen LogP contribution in [0.5, 0.6) is 5.75 Å². The van der Waals surface area contributed by atoms with E-state index < -0.39 is 11.9 Å². The molecule has 0 unspecified atom stereocenters. The van der Waals surface area contributed by atoms with E-state index in [1.807, 2.05) is 26.0 Å². The Kier molecular flexibility index (Phi) is 5.75. The van der Waals surface area contributed by atoms with E-state index >= 15 is 0 Å². The molecule has 0 aliphatic heterocycles. The van der Waals surface area contributed by atoms with Crippen molar-refractivity contribution in [1.29, 1.82) is 0 Å². The van der Waals surface area contributed by atoms with Gasteiger partial charge in [-0.2, -0.15) is 0 Å². The molecule has 0 spiro atoms. The van der Waals surface area contributed by atoms with Gasteiger partial charge in [0.25, 0.3) is 0 Å². The number of carbonyl (C=O) groups excluding carboxylic acids is 1. The maximum absolute atomic E-state index is 12.4. The minimum Gasteiger partial charge on any atom is -0.478 e. The zero-order valence-electron chi connectivity index (χ0n) is 14.9. The second kappa shape index (κ2) is 7.79. The second-order valence-corrected chi connectivity index (χ2v) is 6.32. The van der Waals surface area contributed by atoms with Crippen molar-refractivity contribution in [3.8, 4) is 5.75 Å². The number of esters is 1. The Bertz CT molecular complexity index is 791. The van der Waals surface area contributed by atoms with Gasteiger partial charge >= 0.3 is 11.9 Å². The van der Waals surface area contributed by atoms with Crippen LogP contribution in [0.1, 0.15) is 52.4 Å². The van der Waals surface area contributed by atoms with Crippen LogP contribution in [0.2, 0.25) is 0 Å². The van der Waals surface area contributed by atoms with E-state index in [9.17, 15) is 9.59 Å². The van der Waals surface area contributed by atoms with Gasteiger partial charge in [-0.05, 0) is 72.4 Å². The van der Waals surface area contributed by atoms with E-state index in [0.29, 0.717) is 17.2 Å². The Hall–Kier alpha value is -2.88. The summed E-state index contributed by atoms with van der Waals surface area (Å²) >= 11 is 0. The predicted octanol–water partition coefficient (Wildman–Crippen LogP) is 4.74. The van der Waals surface area contributed by atoms with E-state index in [2.05, 4.69) is 13.8 Å². The lowest BCUT2D eigenvalue weighted by Crippen LogP contribution is -2.10. The second-order valence-electron chi connectivity index (χ2n) is 6.32. The zero-order valence-corrected chi connectivity index (χ0v) is 14.9. The fraction of sp³-hybridized carbons (Fsp3) is 0.238. The lowest BCUT2D eigenvalue weighted by molar-refractivity contribution is -0.131. The molecule has 0 atom stereocenters. The summed E-state index contributed by atoms with van der Waals surface area (Å²) in [7, 11) is 0. The van der Waals surface area contributed by atoms with Crippen LogP contribution in [-0.2, 0) is 4.79 Å². The van der Waals surface area contributed by atoms with Gasteiger partial charge in [0.1, 0.15) is 5.75 Å². The molecular weight excluding hydrogens is 316 g/mol. The molecule has 0 fully saturated rings. The minimum absolute atomic E-state index is 0.404. The minimum atomic E-state index is -1.00. The van der Waals surface area contributed by atoms with Crippen LogP contribution in [0.15, 0.2) is 42.5 Å².